The van der Waals surface area contributed by atoms with Crippen molar-refractivity contribution in [3.05, 3.63) is 76.6 Å². The second-order valence-electron chi connectivity index (χ2n) is 10.5. The van der Waals surface area contributed by atoms with Crippen LogP contribution in [0.5, 0.6) is 17.2 Å². The van der Waals surface area contributed by atoms with E-state index < -0.39 is 29.6 Å². The van der Waals surface area contributed by atoms with E-state index in [1.54, 1.807) is 82.5 Å². The Morgan fingerprint density at radius 3 is 2.40 bits per heavy atom. The van der Waals surface area contributed by atoms with E-state index in [4.69, 9.17) is 14.2 Å². The highest BCUT2D eigenvalue weighted by Gasteiger charge is 2.27. The number of aromatic nitrogens is 1. The largest absolute Gasteiger partial charge is 0.497 e. The molecule has 0 aliphatic heterocycles. The first-order chi connectivity index (χ1) is 20.4. The number of rotatable bonds is 10. The van der Waals surface area contributed by atoms with Crippen molar-refractivity contribution in [2.45, 2.75) is 45.9 Å². The number of hydrogen-bond acceptors (Lipinski definition) is 9. The van der Waals surface area contributed by atoms with Gasteiger partial charge in [0.05, 0.1) is 29.8 Å². The van der Waals surface area contributed by atoms with Gasteiger partial charge in [-0.05, 0) is 81.6 Å². The van der Waals surface area contributed by atoms with Crippen LogP contribution in [0.3, 0.4) is 0 Å². The van der Waals surface area contributed by atoms with Crippen molar-refractivity contribution in [1.29, 1.82) is 0 Å². The number of ether oxygens (including phenoxy) is 3. The maximum Gasteiger partial charge on any atom is 0.410 e. The second-order valence-corrected chi connectivity index (χ2v) is 12.4. The van der Waals surface area contributed by atoms with Crippen LogP contribution in [0.1, 0.15) is 43.7 Å². The molecule has 0 fully saturated rings. The summed E-state index contributed by atoms with van der Waals surface area (Å²) in [6.07, 6.45) is -0.622. The van der Waals surface area contributed by atoms with Crippen molar-refractivity contribution in [3.63, 3.8) is 0 Å². The van der Waals surface area contributed by atoms with Crippen molar-refractivity contribution < 1.29 is 28.6 Å². The predicted octanol–water partition coefficient (Wildman–Crippen LogP) is 6.80. The number of likely N-dealkylation sites (N-methyl/N-ethyl adjacent to an activating group) is 1. The highest BCUT2D eigenvalue weighted by atomic mass is 32.1. The Kier molecular flexibility index (Phi) is 10.0. The molecule has 43 heavy (non-hydrogen) atoms. The smallest absolute Gasteiger partial charge is 0.410 e. The molecular weight excluding hydrogens is 588 g/mol. The number of thiophene rings is 1. The molecule has 12 heteroatoms. The topological polar surface area (TPSA) is 119 Å². The third-order valence-corrected chi connectivity index (χ3v) is 8.06. The van der Waals surface area contributed by atoms with E-state index in [1.807, 2.05) is 22.9 Å². The quantitative estimate of drug-likeness (QED) is 0.200. The lowest BCUT2D eigenvalue weighted by atomic mass is 10.1. The van der Waals surface area contributed by atoms with E-state index in [1.165, 1.54) is 29.4 Å². The number of amides is 3. The number of benzene rings is 2. The minimum absolute atomic E-state index is 0.204. The third kappa shape index (κ3) is 8.55. The molecule has 0 bridgehead atoms. The number of anilines is 1. The van der Waals surface area contributed by atoms with Crippen LogP contribution >= 0.6 is 22.7 Å². The molecule has 0 aliphatic rings. The van der Waals surface area contributed by atoms with Gasteiger partial charge in [-0.25, -0.2) is 9.78 Å². The number of nitrogens with one attached hydrogen (secondary N) is 2. The molecule has 0 radical (unpaired) electrons. The van der Waals surface area contributed by atoms with Gasteiger partial charge in [-0.2, -0.15) is 0 Å². The summed E-state index contributed by atoms with van der Waals surface area (Å²) in [5, 5.41) is 10.5. The average Bonchev–Trinajstić information content (AvgIpc) is 3.68. The summed E-state index contributed by atoms with van der Waals surface area (Å²) in [6, 6.07) is 14.8. The van der Waals surface area contributed by atoms with Gasteiger partial charge in [0.15, 0.2) is 0 Å². The Hall–Kier alpha value is -4.42. The van der Waals surface area contributed by atoms with Crippen molar-refractivity contribution in [2.75, 3.05) is 19.5 Å². The Labute approximate surface area is 258 Å². The molecule has 10 nitrogen and oxygen atoms in total. The first kappa shape index (κ1) is 31.5. The van der Waals surface area contributed by atoms with Crippen LogP contribution in [-0.2, 0) is 16.1 Å². The summed E-state index contributed by atoms with van der Waals surface area (Å²) in [4.78, 5) is 45.9. The maximum atomic E-state index is 13.5. The average molecular weight is 623 g/mol. The molecule has 0 saturated carbocycles. The molecule has 2 N–H and O–H groups in total. The minimum atomic E-state index is -0.843. The summed E-state index contributed by atoms with van der Waals surface area (Å²) < 4.78 is 16.6. The van der Waals surface area contributed by atoms with Gasteiger partial charge in [-0.15, -0.1) is 22.7 Å². The van der Waals surface area contributed by atoms with Crippen LogP contribution in [-0.4, -0.2) is 53.6 Å². The number of carbonyl (C=O) groups is 3. The molecule has 0 spiro atoms. The first-order valence-electron chi connectivity index (χ1n) is 13.4. The normalized spacial score (nSPS) is 11.8. The van der Waals surface area contributed by atoms with Crippen molar-refractivity contribution in [3.8, 4) is 27.1 Å². The summed E-state index contributed by atoms with van der Waals surface area (Å²) in [5.41, 5.74) is 0.585. The SMILES string of the molecule is COc1ccc(Oc2ccc(NC(=O)[C@H](C)N(C)C(=O)OC(C)(C)C)cc2C(=O)NCc2csc(-c3cccs3)n2)cc1. The number of carbonyl (C=O) groups excluding carboxylic acids is 3. The maximum absolute atomic E-state index is 13.5. The van der Waals surface area contributed by atoms with E-state index in [-0.39, 0.29) is 17.9 Å². The van der Waals surface area contributed by atoms with Crippen LogP contribution < -0.4 is 20.1 Å². The second kappa shape index (κ2) is 13.7. The summed E-state index contributed by atoms with van der Waals surface area (Å²) in [6.45, 7) is 7.05. The van der Waals surface area contributed by atoms with E-state index in [9.17, 15) is 14.4 Å². The zero-order valence-electron chi connectivity index (χ0n) is 24.8. The lowest BCUT2D eigenvalue weighted by Gasteiger charge is -2.28. The van der Waals surface area contributed by atoms with Gasteiger partial charge >= 0.3 is 6.09 Å². The lowest BCUT2D eigenvalue weighted by Crippen LogP contribution is -2.45. The molecule has 2 heterocycles. The van der Waals surface area contributed by atoms with Gasteiger partial charge in [0.25, 0.3) is 5.91 Å². The molecular formula is C31H34N4O6S2. The molecule has 0 aliphatic carbocycles. The molecule has 3 amide bonds. The molecule has 4 rings (SSSR count). The van der Waals surface area contributed by atoms with Gasteiger partial charge in [-0.1, -0.05) is 6.07 Å². The molecule has 2 aromatic carbocycles. The summed E-state index contributed by atoms with van der Waals surface area (Å²) >= 11 is 3.11. The third-order valence-electron chi connectivity index (χ3n) is 6.13. The molecule has 1 atom stereocenters. The number of methoxy groups -OCH3 is 1. The Morgan fingerprint density at radius 1 is 1.02 bits per heavy atom. The van der Waals surface area contributed by atoms with Gasteiger partial charge in [0.2, 0.25) is 5.91 Å². The fraction of sp³-hybridized carbons (Fsp3) is 0.290. The zero-order chi connectivity index (χ0) is 31.1. The highest BCUT2D eigenvalue weighted by molar-refractivity contribution is 7.20. The van der Waals surface area contributed by atoms with Crippen LogP contribution in [0.25, 0.3) is 9.88 Å². The summed E-state index contributed by atoms with van der Waals surface area (Å²) in [7, 11) is 3.06. The number of thiazole rings is 1. The van der Waals surface area contributed by atoms with Gasteiger partial charge < -0.3 is 24.8 Å². The number of hydrogen-bond donors (Lipinski definition) is 2. The highest BCUT2D eigenvalue weighted by Crippen LogP contribution is 2.30. The van der Waals surface area contributed by atoms with Gasteiger partial charge in [-0.3, -0.25) is 14.5 Å². The first-order valence-corrected chi connectivity index (χ1v) is 15.2. The zero-order valence-corrected chi connectivity index (χ0v) is 26.4. The van der Waals surface area contributed by atoms with Gasteiger partial charge in [0.1, 0.15) is 33.9 Å². The van der Waals surface area contributed by atoms with Crippen LogP contribution in [0.2, 0.25) is 0 Å². The number of nitrogens with zero attached hydrogens (tertiary/aromatic N) is 2. The van der Waals surface area contributed by atoms with E-state index in [0.29, 0.717) is 17.2 Å². The van der Waals surface area contributed by atoms with Gasteiger partial charge in [0, 0.05) is 18.1 Å². The Balaban J connectivity index is 1.52. The monoisotopic (exact) mass is 622 g/mol. The van der Waals surface area contributed by atoms with Crippen molar-refractivity contribution >= 4 is 46.3 Å². The minimum Gasteiger partial charge on any atom is -0.497 e. The molecule has 0 saturated heterocycles. The molecule has 0 unspecified atom stereocenters. The van der Waals surface area contributed by atoms with E-state index >= 15 is 0 Å². The van der Waals surface area contributed by atoms with Crippen LogP contribution in [0, 0.1) is 0 Å². The van der Waals surface area contributed by atoms with Crippen molar-refractivity contribution in [1.82, 2.24) is 15.2 Å². The Morgan fingerprint density at radius 2 is 1.74 bits per heavy atom. The predicted molar refractivity (Wildman–Crippen MR) is 168 cm³/mol. The lowest BCUT2D eigenvalue weighted by molar-refractivity contribution is -0.120. The van der Waals surface area contributed by atoms with Crippen molar-refractivity contribution in [2.24, 2.45) is 0 Å². The molecule has 226 valence electrons. The molecule has 4 aromatic rings. The summed E-state index contributed by atoms with van der Waals surface area (Å²) in [5.74, 6) is 0.590. The fourth-order valence-corrected chi connectivity index (χ4v) is 5.36. The molecule has 2 aromatic heterocycles. The fourth-order valence-electron chi connectivity index (χ4n) is 3.73. The van der Waals surface area contributed by atoms with E-state index in [2.05, 4.69) is 15.6 Å². The van der Waals surface area contributed by atoms with Crippen LogP contribution in [0.4, 0.5) is 10.5 Å². The standard InChI is InChI=1S/C31H34N4O6S2/c1-19(35(5)30(38)41-31(2,3)4)27(36)33-20-9-14-25(40-23-12-10-22(39-6)11-13-23)24(16-20)28(37)32-17-21-18-43-29(34-21)26-8-7-15-42-26/h7-16,18-19H,17H2,1-6H3,(H,32,37)(H,33,36)/t19-/m0/s1. The van der Waals surface area contributed by atoms with Crippen LogP contribution in [0.15, 0.2) is 65.4 Å². The van der Waals surface area contributed by atoms with E-state index in [0.717, 1.165) is 15.6 Å². The Bertz CT molecular complexity index is 1560.